The van der Waals surface area contributed by atoms with Crippen molar-refractivity contribution in [1.82, 2.24) is 9.55 Å². The summed E-state index contributed by atoms with van der Waals surface area (Å²) in [6.07, 6.45) is 0. The molecule has 152 valence electrons. The third-order valence-electron chi connectivity index (χ3n) is 4.24. The first kappa shape index (κ1) is 20.5. The van der Waals surface area contributed by atoms with Crippen LogP contribution in [0, 0.1) is 0 Å². The van der Waals surface area contributed by atoms with Gasteiger partial charge in [-0.25, -0.2) is 4.98 Å². The van der Waals surface area contributed by atoms with Gasteiger partial charge in [0.2, 0.25) is 5.91 Å². The Labute approximate surface area is 185 Å². The summed E-state index contributed by atoms with van der Waals surface area (Å²) in [6.45, 7) is 0. The molecular formula is C21H16ClN3O3S2. The molecule has 2 aromatic carbocycles. The number of thioether (sulfide) groups is 1. The Hall–Kier alpha value is -2.81. The summed E-state index contributed by atoms with van der Waals surface area (Å²) in [7, 11) is 1.59. The molecule has 0 fully saturated rings. The van der Waals surface area contributed by atoms with E-state index in [-0.39, 0.29) is 17.2 Å². The molecule has 1 N–H and O–H groups in total. The van der Waals surface area contributed by atoms with Crippen molar-refractivity contribution < 1.29 is 9.53 Å². The van der Waals surface area contributed by atoms with Crippen LogP contribution in [0.3, 0.4) is 0 Å². The van der Waals surface area contributed by atoms with Crippen molar-refractivity contribution in [2.24, 2.45) is 0 Å². The molecule has 9 heteroatoms. The number of anilines is 1. The largest absolute Gasteiger partial charge is 0.497 e. The molecule has 0 aliphatic heterocycles. The van der Waals surface area contributed by atoms with Crippen LogP contribution < -0.4 is 15.6 Å². The Morgan fingerprint density at radius 1 is 1.17 bits per heavy atom. The number of carbonyl (C=O) groups is 1. The molecule has 1 amide bonds. The molecule has 2 aromatic heterocycles. The highest BCUT2D eigenvalue weighted by atomic mass is 35.5. The van der Waals surface area contributed by atoms with E-state index >= 15 is 0 Å². The molecule has 0 saturated heterocycles. The SMILES string of the molecule is COc1ccc(NC(=O)CSc2nc3ccsc3c(=O)n2-c2ccc(Cl)cc2)cc1. The van der Waals surface area contributed by atoms with Crippen LogP contribution in [0.2, 0.25) is 5.02 Å². The fourth-order valence-electron chi connectivity index (χ4n) is 2.81. The number of nitrogens with one attached hydrogen (secondary N) is 1. The van der Waals surface area contributed by atoms with Crippen LogP contribution in [0.1, 0.15) is 0 Å². The molecule has 2 heterocycles. The second-order valence-electron chi connectivity index (χ2n) is 6.21. The molecule has 0 bridgehead atoms. The van der Waals surface area contributed by atoms with Crippen molar-refractivity contribution >= 4 is 56.5 Å². The Balaban J connectivity index is 1.59. The highest BCUT2D eigenvalue weighted by Gasteiger charge is 2.16. The standard InChI is InChI=1S/C21H16ClN3O3S2/c1-28-16-8-4-14(5-9-16)23-18(26)12-30-21-24-17-10-11-29-19(17)20(27)25(21)15-6-2-13(22)3-7-15/h2-11H,12H2,1H3,(H,23,26). The number of thiophene rings is 1. The number of aromatic nitrogens is 2. The van der Waals surface area contributed by atoms with Gasteiger partial charge in [-0.2, -0.15) is 0 Å². The summed E-state index contributed by atoms with van der Waals surface area (Å²) in [6, 6.07) is 15.8. The van der Waals surface area contributed by atoms with E-state index < -0.39 is 0 Å². The molecule has 0 aliphatic carbocycles. The first-order valence-electron chi connectivity index (χ1n) is 8.88. The van der Waals surface area contributed by atoms with E-state index in [1.165, 1.54) is 27.7 Å². The van der Waals surface area contributed by atoms with E-state index in [1.807, 2.05) is 5.38 Å². The first-order chi connectivity index (χ1) is 14.5. The van der Waals surface area contributed by atoms with Crippen molar-refractivity contribution in [3.05, 3.63) is 75.4 Å². The number of nitrogens with zero attached hydrogens (tertiary/aromatic N) is 2. The minimum atomic E-state index is -0.201. The lowest BCUT2D eigenvalue weighted by Crippen LogP contribution is -2.22. The molecule has 0 saturated carbocycles. The lowest BCUT2D eigenvalue weighted by molar-refractivity contribution is -0.113. The average molecular weight is 458 g/mol. The molecule has 6 nitrogen and oxygen atoms in total. The number of fused-ring (bicyclic) bond motifs is 1. The van der Waals surface area contributed by atoms with E-state index in [0.29, 0.717) is 37.5 Å². The van der Waals surface area contributed by atoms with E-state index in [1.54, 1.807) is 61.7 Å². The summed E-state index contributed by atoms with van der Waals surface area (Å²) in [5, 5.41) is 5.68. The monoisotopic (exact) mass is 457 g/mol. The minimum Gasteiger partial charge on any atom is -0.497 e. The number of hydrogen-bond acceptors (Lipinski definition) is 6. The van der Waals surface area contributed by atoms with E-state index in [4.69, 9.17) is 16.3 Å². The minimum absolute atomic E-state index is 0.0989. The van der Waals surface area contributed by atoms with Gasteiger partial charge in [0.15, 0.2) is 5.16 Å². The van der Waals surface area contributed by atoms with Crippen LogP contribution >= 0.6 is 34.7 Å². The summed E-state index contributed by atoms with van der Waals surface area (Å²) < 4.78 is 7.20. The highest BCUT2D eigenvalue weighted by molar-refractivity contribution is 7.99. The second-order valence-corrected chi connectivity index (χ2v) is 8.51. The Bertz CT molecular complexity index is 1250. The van der Waals surface area contributed by atoms with Gasteiger partial charge in [0, 0.05) is 10.7 Å². The highest BCUT2D eigenvalue weighted by Crippen LogP contribution is 2.24. The summed E-state index contributed by atoms with van der Waals surface area (Å²) in [5.41, 5.74) is 1.76. The number of rotatable bonds is 6. The van der Waals surface area contributed by atoms with Crippen molar-refractivity contribution in [1.29, 1.82) is 0 Å². The summed E-state index contributed by atoms with van der Waals surface area (Å²) in [5.74, 6) is 0.608. The van der Waals surface area contributed by atoms with Gasteiger partial charge in [0.25, 0.3) is 5.56 Å². The van der Waals surface area contributed by atoms with Crippen LogP contribution in [0.4, 0.5) is 5.69 Å². The van der Waals surface area contributed by atoms with E-state index in [9.17, 15) is 9.59 Å². The number of ether oxygens (including phenoxy) is 1. The number of methoxy groups -OCH3 is 1. The van der Waals surface area contributed by atoms with Crippen LogP contribution in [0.5, 0.6) is 5.75 Å². The lowest BCUT2D eigenvalue weighted by Gasteiger charge is -2.12. The van der Waals surface area contributed by atoms with Crippen LogP contribution in [-0.4, -0.2) is 28.3 Å². The third-order valence-corrected chi connectivity index (χ3v) is 6.32. The molecule has 0 radical (unpaired) electrons. The quantitative estimate of drug-likeness (QED) is 0.331. The zero-order valence-corrected chi connectivity index (χ0v) is 18.2. The topological polar surface area (TPSA) is 73.2 Å². The maximum absolute atomic E-state index is 13.1. The first-order valence-corrected chi connectivity index (χ1v) is 11.1. The summed E-state index contributed by atoms with van der Waals surface area (Å²) in [4.78, 5) is 30.1. The predicted octanol–water partition coefficient (Wildman–Crippen LogP) is 4.84. The van der Waals surface area contributed by atoms with Crippen molar-refractivity contribution in [2.75, 3.05) is 18.2 Å². The molecule has 4 aromatic rings. The number of hydrogen-bond donors (Lipinski definition) is 1. The van der Waals surface area contributed by atoms with Gasteiger partial charge in [-0.05, 0) is 60.0 Å². The normalized spacial score (nSPS) is 10.9. The number of amides is 1. The van der Waals surface area contributed by atoms with Gasteiger partial charge in [-0.15, -0.1) is 11.3 Å². The third kappa shape index (κ3) is 4.35. The fourth-order valence-corrected chi connectivity index (χ4v) is 4.51. The van der Waals surface area contributed by atoms with Gasteiger partial charge in [0.1, 0.15) is 10.4 Å². The van der Waals surface area contributed by atoms with E-state index in [2.05, 4.69) is 10.3 Å². The van der Waals surface area contributed by atoms with Crippen molar-refractivity contribution in [2.45, 2.75) is 5.16 Å². The molecule has 0 unspecified atom stereocenters. The molecular weight excluding hydrogens is 442 g/mol. The zero-order chi connectivity index (χ0) is 21.1. The Morgan fingerprint density at radius 3 is 2.60 bits per heavy atom. The molecule has 0 spiro atoms. The van der Waals surface area contributed by atoms with Crippen molar-refractivity contribution in [3.8, 4) is 11.4 Å². The van der Waals surface area contributed by atoms with Crippen LogP contribution in [0.15, 0.2) is 69.9 Å². The summed E-state index contributed by atoms with van der Waals surface area (Å²) >= 11 is 8.53. The van der Waals surface area contributed by atoms with E-state index in [0.717, 1.165) is 0 Å². The maximum atomic E-state index is 13.1. The fraction of sp³-hybridized carbons (Fsp3) is 0.0952. The van der Waals surface area contributed by atoms with Crippen LogP contribution in [-0.2, 0) is 4.79 Å². The van der Waals surface area contributed by atoms with Gasteiger partial charge in [-0.3, -0.25) is 14.2 Å². The lowest BCUT2D eigenvalue weighted by atomic mass is 10.3. The van der Waals surface area contributed by atoms with Gasteiger partial charge >= 0.3 is 0 Å². The molecule has 30 heavy (non-hydrogen) atoms. The number of halogens is 1. The van der Waals surface area contributed by atoms with Crippen LogP contribution in [0.25, 0.3) is 15.9 Å². The van der Waals surface area contributed by atoms with Gasteiger partial charge in [-0.1, -0.05) is 23.4 Å². The molecule has 0 aliphatic rings. The van der Waals surface area contributed by atoms with Gasteiger partial charge < -0.3 is 10.1 Å². The maximum Gasteiger partial charge on any atom is 0.276 e. The average Bonchev–Trinajstić information content (AvgIpc) is 3.23. The smallest absolute Gasteiger partial charge is 0.276 e. The molecule has 4 rings (SSSR count). The zero-order valence-electron chi connectivity index (χ0n) is 15.8. The predicted molar refractivity (Wildman–Crippen MR) is 123 cm³/mol. The van der Waals surface area contributed by atoms with Crippen molar-refractivity contribution in [3.63, 3.8) is 0 Å². The number of benzene rings is 2. The second kappa shape index (κ2) is 8.91. The Kier molecular flexibility index (Phi) is 6.08. The van der Waals surface area contributed by atoms with Gasteiger partial charge in [0.05, 0.1) is 24.1 Å². The Morgan fingerprint density at radius 2 is 1.90 bits per heavy atom. The molecule has 0 atom stereocenters. The number of carbonyl (C=O) groups excluding carboxylic acids is 1.